The van der Waals surface area contributed by atoms with Crippen molar-refractivity contribution in [3.63, 3.8) is 0 Å². The molecule has 0 N–H and O–H groups in total. The third-order valence-electron chi connectivity index (χ3n) is 4.97. The Morgan fingerprint density at radius 3 is 1.84 bits per heavy atom. The summed E-state index contributed by atoms with van der Waals surface area (Å²) in [5.41, 5.74) is 5.84. The van der Waals surface area contributed by atoms with Gasteiger partial charge >= 0.3 is 0 Å². The smallest absolute Gasteiger partial charge is 0.0746 e. The zero-order valence-corrected chi connectivity index (χ0v) is 14.9. The molecule has 4 aromatic carbocycles. The number of fused-ring (bicyclic) bond motifs is 3. The fourth-order valence-electron chi connectivity index (χ4n) is 3.65. The van der Waals surface area contributed by atoms with Gasteiger partial charge in [0.1, 0.15) is 0 Å². The van der Waals surface area contributed by atoms with E-state index < -0.39 is 0 Å². The van der Waals surface area contributed by atoms with Gasteiger partial charge in [-0.25, -0.2) is 0 Å². The van der Waals surface area contributed by atoms with Gasteiger partial charge in [-0.05, 0) is 53.6 Å². The summed E-state index contributed by atoms with van der Waals surface area (Å²) in [6.45, 7) is 6.42. The van der Waals surface area contributed by atoms with Crippen LogP contribution < -0.4 is 0 Å². The molecule has 0 saturated heterocycles. The highest BCUT2D eigenvalue weighted by Gasteiger charge is 2.11. The van der Waals surface area contributed by atoms with Gasteiger partial charge in [-0.2, -0.15) is 0 Å². The molecule has 25 heavy (non-hydrogen) atoms. The van der Waals surface area contributed by atoms with E-state index in [9.17, 15) is 0 Å². The fourth-order valence-corrected chi connectivity index (χ4v) is 3.65. The summed E-state index contributed by atoms with van der Waals surface area (Å²) in [6.07, 6.45) is 0. The van der Waals surface area contributed by atoms with Gasteiger partial charge in [0.25, 0.3) is 0 Å². The molecule has 1 heteroatoms. The van der Waals surface area contributed by atoms with E-state index in [1.165, 1.54) is 38.2 Å². The van der Waals surface area contributed by atoms with Gasteiger partial charge in [0.2, 0.25) is 0 Å². The quantitative estimate of drug-likeness (QED) is 0.286. The van der Waals surface area contributed by atoms with Crippen molar-refractivity contribution in [3.05, 3.63) is 89.5 Å². The molecule has 0 aliphatic rings. The monoisotopic (exact) mass is 323 g/mol. The first-order valence-electron chi connectivity index (χ1n) is 8.68. The second-order valence-corrected chi connectivity index (χ2v) is 6.58. The van der Waals surface area contributed by atoms with Crippen molar-refractivity contribution in [2.45, 2.75) is 20.8 Å². The Labute approximate surface area is 148 Å². The standard InChI is InChI=1S/C24H21N/c1-16-10-4-5-11-19(16)18(3)25-24-17(2)20-12-6-7-13-21(20)22-14-8-9-15-23(22)24/h4-15H,1-3H3. The summed E-state index contributed by atoms with van der Waals surface area (Å²) in [4.78, 5) is 5.08. The normalized spacial score (nSPS) is 12.0. The summed E-state index contributed by atoms with van der Waals surface area (Å²) in [6, 6.07) is 25.6. The van der Waals surface area contributed by atoms with Crippen LogP contribution in [0, 0.1) is 13.8 Å². The Hall–Kier alpha value is -2.93. The third kappa shape index (κ3) is 2.62. The molecule has 0 saturated carbocycles. The van der Waals surface area contributed by atoms with E-state index in [1.807, 2.05) is 0 Å². The molecule has 4 aromatic rings. The van der Waals surface area contributed by atoms with Crippen LogP contribution in [-0.4, -0.2) is 5.71 Å². The number of rotatable bonds is 2. The van der Waals surface area contributed by atoms with Crippen molar-refractivity contribution < 1.29 is 0 Å². The van der Waals surface area contributed by atoms with Crippen LogP contribution in [0.3, 0.4) is 0 Å². The van der Waals surface area contributed by atoms with Crippen LogP contribution in [-0.2, 0) is 0 Å². The van der Waals surface area contributed by atoms with Crippen molar-refractivity contribution in [2.75, 3.05) is 0 Å². The highest BCUT2D eigenvalue weighted by molar-refractivity contribution is 6.15. The number of aryl methyl sites for hydroxylation is 2. The van der Waals surface area contributed by atoms with Crippen molar-refractivity contribution in [2.24, 2.45) is 4.99 Å². The summed E-state index contributed by atoms with van der Waals surface area (Å²) in [7, 11) is 0. The maximum atomic E-state index is 5.08. The minimum Gasteiger partial charge on any atom is -0.252 e. The van der Waals surface area contributed by atoms with Crippen LogP contribution in [0.4, 0.5) is 5.69 Å². The molecule has 0 aliphatic carbocycles. The Bertz CT molecular complexity index is 1120. The number of aliphatic imine (C=N–C) groups is 1. The van der Waals surface area contributed by atoms with E-state index in [1.54, 1.807) is 0 Å². The van der Waals surface area contributed by atoms with E-state index in [-0.39, 0.29) is 0 Å². The van der Waals surface area contributed by atoms with Gasteiger partial charge in [-0.1, -0.05) is 72.8 Å². The molecule has 0 bridgehead atoms. The van der Waals surface area contributed by atoms with Crippen molar-refractivity contribution in [1.29, 1.82) is 0 Å². The molecule has 0 amide bonds. The second-order valence-electron chi connectivity index (χ2n) is 6.58. The van der Waals surface area contributed by atoms with Crippen LogP contribution in [0.1, 0.15) is 23.6 Å². The number of nitrogens with zero attached hydrogens (tertiary/aromatic N) is 1. The lowest BCUT2D eigenvalue weighted by molar-refractivity contribution is 1.39. The van der Waals surface area contributed by atoms with Gasteiger partial charge in [0.15, 0.2) is 0 Å². The Kier molecular flexibility index (Phi) is 3.85. The summed E-state index contributed by atoms with van der Waals surface area (Å²) in [5, 5.41) is 5.05. The maximum Gasteiger partial charge on any atom is 0.0746 e. The van der Waals surface area contributed by atoms with E-state index in [2.05, 4.69) is 93.6 Å². The minimum atomic E-state index is 1.06. The Morgan fingerprint density at radius 1 is 0.640 bits per heavy atom. The molecular weight excluding hydrogens is 302 g/mol. The minimum absolute atomic E-state index is 1.06. The molecular formula is C24H21N. The highest BCUT2D eigenvalue weighted by Crippen LogP contribution is 2.38. The lowest BCUT2D eigenvalue weighted by Crippen LogP contribution is -1.97. The van der Waals surface area contributed by atoms with Crippen molar-refractivity contribution in [3.8, 4) is 0 Å². The van der Waals surface area contributed by atoms with Gasteiger partial charge in [0.05, 0.1) is 5.69 Å². The second kappa shape index (κ2) is 6.18. The van der Waals surface area contributed by atoms with Crippen LogP contribution in [0.25, 0.3) is 21.5 Å². The molecule has 0 fully saturated rings. The topological polar surface area (TPSA) is 12.4 Å². The van der Waals surface area contributed by atoms with E-state index in [0.717, 1.165) is 11.4 Å². The average molecular weight is 323 g/mol. The number of hydrogen-bond acceptors (Lipinski definition) is 1. The molecule has 0 aliphatic heterocycles. The average Bonchev–Trinajstić information content (AvgIpc) is 2.65. The number of benzene rings is 4. The predicted molar refractivity (Wildman–Crippen MR) is 109 cm³/mol. The third-order valence-corrected chi connectivity index (χ3v) is 4.97. The molecule has 0 atom stereocenters. The van der Waals surface area contributed by atoms with Crippen molar-refractivity contribution >= 4 is 32.9 Å². The molecule has 0 unspecified atom stereocenters. The molecule has 0 radical (unpaired) electrons. The Balaban J connectivity index is 2.05. The molecule has 0 heterocycles. The first kappa shape index (κ1) is 15.6. The van der Waals surface area contributed by atoms with E-state index in [4.69, 9.17) is 4.99 Å². The largest absolute Gasteiger partial charge is 0.252 e. The zero-order valence-electron chi connectivity index (χ0n) is 14.9. The van der Waals surface area contributed by atoms with Gasteiger partial charge in [0, 0.05) is 11.1 Å². The van der Waals surface area contributed by atoms with Gasteiger partial charge < -0.3 is 0 Å². The molecule has 122 valence electrons. The van der Waals surface area contributed by atoms with Crippen LogP contribution >= 0.6 is 0 Å². The maximum absolute atomic E-state index is 5.08. The number of hydrogen-bond donors (Lipinski definition) is 0. The molecule has 0 spiro atoms. The Morgan fingerprint density at radius 2 is 1.16 bits per heavy atom. The van der Waals surface area contributed by atoms with Crippen molar-refractivity contribution in [1.82, 2.24) is 0 Å². The predicted octanol–water partition coefficient (Wildman–Crippen LogP) is 6.75. The summed E-state index contributed by atoms with van der Waals surface area (Å²) < 4.78 is 0. The highest BCUT2D eigenvalue weighted by atomic mass is 14.8. The molecule has 4 rings (SSSR count). The lowest BCUT2D eigenvalue weighted by atomic mass is 9.95. The van der Waals surface area contributed by atoms with Gasteiger partial charge in [-0.3, -0.25) is 4.99 Å². The van der Waals surface area contributed by atoms with E-state index >= 15 is 0 Å². The molecule has 0 aromatic heterocycles. The lowest BCUT2D eigenvalue weighted by Gasteiger charge is -2.13. The first-order valence-corrected chi connectivity index (χ1v) is 8.68. The zero-order chi connectivity index (χ0) is 17.4. The molecule has 1 nitrogen and oxygen atoms in total. The SMILES string of the molecule is CC(=Nc1c(C)c2ccccc2c2ccccc12)c1ccccc1C. The van der Waals surface area contributed by atoms with Gasteiger partial charge in [-0.15, -0.1) is 0 Å². The van der Waals surface area contributed by atoms with Crippen LogP contribution in [0.5, 0.6) is 0 Å². The summed E-state index contributed by atoms with van der Waals surface area (Å²) in [5.74, 6) is 0. The first-order chi connectivity index (χ1) is 12.2. The van der Waals surface area contributed by atoms with E-state index in [0.29, 0.717) is 0 Å². The van der Waals surface area contributed by atoms with Crippen LogP contribution in [0.15, 0.2) is 77.8 Å². The fraction of sp³-hybridized carbons (Fsp3) is 0.125. The van der Waals surface area contributed by atoms with Crippen LogP contribution in [0.2, 0.25) is 0 Å². The summed E-state index contributed by atoms with van der Waals surface area (Å²) >= 11 is 0.